The molecule has 0 atom stereocenters. The number of oxazole rings is 1. The third kappa shape index (κ3) is 3.29. The van der Waals surface area contributed by atoms with Crippen molar-refractivity contribution in [3.63, 3.8) is 0 Å². The van der Waals surface area contributed by atoms with E-state index in [1.807, 2.05) is 24.3 Å². The number of aromatic nitrogens is 2. The average molecular weight is 422 g/mol. The summed E-state index contributed by atoms with van der Waals surface area (Å²) in [5, 5.41) is 2.63. The van der Waals surface area contributed by atoms with Crippen LogP contribution in [0.25, 0.3) is 44.6 Å². The molecule has 5 aromatic rings. The second kappa shape index (κ2) is 7.30. The Labute approximate surface area is 189 Å². The molecular formula is C29H29N2O+. The van der Waals surface area contributed by atoms with Gasteiger partial charge in [0.05, 0.1) is 5.56 Å². The maximum absolute atomic E-state index is 6.12. The van der Waals surface area contributed by atoms with Crippen molar-refractivity contribution in [2.45, 2.75) is 40.0 Å². The van der Waals surface area contributed by atoms with Gasteiger partial charge < -0.3 is 4.42 Å². The van der Waals surface area contributed by atoms with Gasteiger partial charge in [0.2, 0.25) is 11.6 Å². The van der Waals surface area contributed by atoms with Crippen molar-refractivity contribution in [1.82, 2.24) is 4.98 Å². The third-order valence-corrected chi connectivity index (χ3v) is 6.40. The quantitative estimate of drug-likeness (QED) is 0.286. The van der Waals surface area contributed by atoms with Crippen LogP contribution in [0.15, 0.2) is 71.3 Å². The lowest BCUT2D eigenvalue weighted by molar-refractivity contribution is -0.660. The molecule has 160 valence electrons. The van der Waals surface area contributed by atoms with E-state index < -0.39 is 0 Å². The Morgan fingerprint density at radius 1 is 0.844 bits per heavy atom. The van der Waals surface area contributed by atoms with Gasteiger partial charge in [-0.1, -0.05) is 57.2 Å². The van der Waals surface area contributed by atoms with Crippen LogP contribution in [0.2, 0.25) is 0 Å². The fourth-order valence-electron chi connectivity index (χ4n) is 4.67. The molecular weight excluding hydrogens is 392 g/mol. The first-order valence-electron chi connectivity index (χ1n) is 11.1. The highest BCUT2D eigenvalue weighted by Crippen LogP contribution is 2.38. The minimum atomic E-state index is 0.0362. The summed E-state index contributed by atoms with van der Waals surface area (Å²) in [6, 6.07) is 21.3. The van der Waals surface area contributed by atoms with Gasteiger partial charge in [0.1, 0.15) is 12.6 Å². The minimum Gasteiger partial charge on any atom is -0.436 e. The number of aryl methyl sites for hydroxylation is 3. The zero-order chi connectivity index (χ0) is 22.6. The number of fused-ring (bicyclic) bond motifs is 2. The predicted octanol–water partition coefficient (Wildman–Crippen LogP) is 7.05. The van der Waals surface area contributed by atoms with Crippen LogP contribution in [0.4, 0.5) is 0 Å². The van der Waals surface area contributed by atoms with E-state index in [1.54, 1.807) is 0 Å². The van der Waals surface area contributed by atoms with Crippen molar-refractivity contribution in [3.05, 3.63) is 83.6 Å². The highest BCUT2D eigenvalue weighted by molar-refractivity contribution is 5.94. The zero-order valence-corrected chi connectivity index (χ0v) is 19.7. The van der Waals surface area contributed by atoms with Crippen LogP contribution in [-0.2, 0) is 12.5 Å². The van der Waals surface area contributed by atoms with Gasteiger partial charge in [-0.15, -0.1) is 0 Å². The lowest BCUT2D eigenvalue weighted by Crippen LogP contribution is -2.31. The topological polar surface area (TPSA) is 29.9 Å². The predicted molar refractivity (Wildman–Crippen MR) is 132 cm³/mol. The van der Waals surface area contributed by atoms with E-state index in [1.165, 1.54) is 27.5 Å². The van der Waals surface area contributed by atoms with Gasteiger partial charge in [0.15, 0.2) is 11.8 Å². The second-order valence-corrected chi connectivity index (χ2v) is 9.75. The number of rotatable bonds is 2. The lowest BCUT2D eigenvalue weighted by atomic mass is 9.80. The first-order valence-corrected chi connectivity index (χ1v) is 11.1. The van der Waals surface area contributed by atoms with E-state index in [-0.39, 0.29) is 5.41 Å². The maximum atomic E-state index is 6.12. The molecule has 3 aromatic carbocycles. The molecule has 0 bridgehead atoms. The summed E-state index contributed by atoms with van der Waals surface area (Å²) in [6.45, 7) is 11.2. The van der Waals surface area contributed by atoms with Crippen LogP contribution >= 0.6 is 0 Å². The van der Waals surface area contributed by atoms with Gasteiger partial charge in [-0.25, -0.2) is 9.55 Å². The lowest BCUT2D eigenvalue weighted by Gasteiger charge is -2.24. The molecule has 32 heavy (non-hydrogen) atoms. The summed E-state index contributed by atoms with van der Waals surface area (Å²) in [5.41, 5.74) is 8.94. The molecule has 3 nitrogen and oxygen atoms in total. The summed E-state index contributed by atoms with van der Waals surface area (Å²) < 4.78 is 8.34. The highest BCUT2D eigenvalue weighted by Gasteiger charge is 2.24. The molecule has 0 amide bonds. The highest BCUT2D eigenvalue weighted by atomic mass is 16.3. The van der Waals surface area contributed by atoms with E-state index in [9.17, 15) is 0 Å². The SMILES string of the molecule is Cc1c[n+](C)c(-c2cc(C(C)(C)C)c3ccccc3c2C)cc1-c1nc2ccccc2o1. The normalized spacial score (nSPS) is 12.1. The molecule has 0 saturated heterocycles. The molecule has 2 aromatic heterocycles. The number of nitrogens with zero attached hydrogens (tertiary/aromatic N) is 2. The molecule has 3 heteroatoms. The zero-order valence-electron chi connectivity index (χ0n) is 19.7. The van der Waals surface area contributed by atoms with Gasteiger partial charge in [-0.05, 0) is 59.4 Å². The number of hydrogen-bond donors (Lipinski definition) is 0. The van der Waals surface area contributed by atoms with Crippen LogP contribution in [0.3, 0.4) is 0 Å². The van der Waals surface area contributed by atoms with Crippen LogP contribution in [0, 0.1) is 13.8 Å². The smallest absolute Gasteiger partial charge is 0.228 e. The Hall–Kier alpha value is -3.46. The van der Waals surface area contributed by atoms with Crippen molar-refractivity contribution in [1.29, 1.82) is 0 Å². The molecule has 2 heterocycles. The minimum absolute atomic E-state index is 0.0362. The second-order valence-electron chi connectivity index (χ2n) is 9.75. The fourth-order valence-corrected chi connectivity index (χ4v) is 4.67. The molecule has 0 fully saturated rings. The first-order chi connectivity index (χ1) is 15.2. The van der Waals surface area contributed by atoms with E-state index in [0.29, 0.717) is 5.89 Å². The number of hydrogen-bond acceptors (Lipinski definition) is 2. The summed E-state index contributed by atoms with van der Waals surface area (Å²) in [5.74, 6) is 0.667. The summed E-state index contributed by atoms with van der Waals surface area (Å²) in [4.78, 5) is 4.76. The molecule has 0 saturated carbocycles. The Balaban J connectivity index is 1.79. The number of benzene rings is 3. The van der Waals surface area contributed by atoms with Gasteiger partial charge >= 0.3 is 0 Å². The largest absolute Gasteiger partial charge is 0.436 e. The molecule has 0 spiro atoms. The molecule has 0 radical (unpaired) electrons. The van der Waals surface area contributed by atoms with Crippen LogP contribution < -0.4 is 4.57 Å². The standard InChI is InChI=1S/C29H29N2O/c1-18-17-31(6)26(16-22(18)28-30-25-13-9-10-14-27(25)32-28)23-15-24(29(3,4)5)21-12-8-7-11-20(21)19(23)2/h7-17H,1-6H3/q+1. The van der Waals surface area contributed by atoms with E-state index >= 15 is 0 Å². The number of para-hydroxylation sites is 2. The van der Waals surface area contributed by atoms with Crippen molar-refractivity contribution in [2.75, 3.05) is 0 Å². The van der Waals surface area contributed by atoms with Gasteiger partial charge in [0.25, 0.3) is 0 Å². The molecule has 0 N–H and O–H groups in total. The Bertz CT molecular complexity index is 1450. The monoisotopic (exact) mass is 421 g/mol. The molecule has 0 unspecified atom stereocenters. The van der Waals surface area contributed by atoms with Gasteiger partial charge in [-0.2, -0.15) is 0 Å². The maximum Gasteiger partial charge on any atom is 0.228 e. The Kier molecular flexibility index (Phi) is 4.67. The van der Waals surface area contributed by atoms with Crippen molar-refractivity contribution in [2.24, 2.45) is 7.05 Å². The van der Waals surface area contributed by atoms with E-state index in [0.717, 1.165) is 27.9 Å². The van der Waals surface area contributed by atoms with E-state index in [2.05, 4.69) is 88.8 Å². The van der Waals surface area contributed by atoms with Crippen molar-refractivity contribution < 1.29 is 8.98 Å². The van der Waals surface area contributed by atoms with Gasteiger partial charge in [-0.3, -0.25) is 0 Å². The first kappa shape index (κ1) is 20.4. The number of pyridine rings is 1. The Morgan fingerprint density at radius 3 is 2.25 bits per heavy atom. The van der Waals surface area contributed by atoms with Crippen molar-refractivity contribution in [3.8, 4) is 22.7 Å². The van der Waals surface area contributed by atoms with Gasteiger partial charge in [0, 0.05) is 17.2 Å². The Morgan fingerprint density at radius 2 is 1.53 bits per heavy atom. The molecule has 0 aliphatic carbocycles. The third-order valence-electron chi connectivity index (χ3n) is 6.40. The average Bonchev–Trinajstić information content (AvgIpc) is 3.18. The molecule has 0 aliphatic heterocycles. The van der Waals surface area contributed by atoms with Crippen LogP contribution in [-0.4, -0.2) is 4.98 Å². The van der Waals surface area contributed by atoms with Crippen molar-refractivity contribution >= 4 is 21.9 Å². The van der Waals surface area contributed by atoms with Crippen LogP contribution in [0.1, 0.15) is 37.5 Å². The van der Waals surface area contributed by atoms with E-state index in [4.69, 9.17) is 9.40 Å². The summed E-state index contributed by atoms with van der Waals surface area (Å²) >= 11 is 0. The summed E-state index contributed by atoms with van der Waals surface area (Å²) in [7, 11) is 2.11. The fraction of sp³-hybridized carbons (Fsp3) is 0.241. The summed E-state index contributed by atoms with van der Waals surface area (Å²) in [6.07, 6.45) is 2.17. The molecule has 5 rings (SSSR count). The van der Waals surface area contributed by atoms with Crippen LogP contribution in [0.5, 0.6) is 0 Å². The molecule has 0 aliphatic rings.